The topological polar surface area (TPSA) is 66.6 Å². The highest BCUT2D eigenvalue weighted by Crippen LogP contribution is 2.25. The zero-order valence-electron chi connectivity index (χ0n) is 6.65. The average molecular weight is 186 g/mol. The fourth-order valence-corrected chi connectivity index (χ4v) is 1.73. The summed E-state index contributed by atoms with van der Waals surface area (Å²) in [5.74, 6) is 5.20. The molecule has 66 valence electrons. The minimum Gasteiger partial charge on any atom is -0.478 e. The summed E-state index contributed by atoms with van der Waals surface area (Å²) in [6, 6.07) is 0. The molecule has 1 aliphatic rings. The Bertz CT molecular complexity index is 260. The van der Waals surface area contributed by atoms with Crippen molar-refractivity contribution in [2.75, 3.05) is 5.88 Å². The Labute approximate surface area is 74.7 Å². The van der Waals surface area contributed by atoms with Crippen molar-refractivity contribution in [1.29, 1.82) is 0 Å². The zero-order valence-corrected chi connectivity index (χ0v) is 7.47. The van der Waals surface area contributed by atoms with E-state index in [2.05, 4.69) is 0 Å². The molecule has 3 N–H and O–H groups in total. The largest absolute Gasteiger partial charge is 0.478 e. The number of hydrogen-bond acceptors (Lipinski definition) is 4. The first-order valence-corrected chi connectivity index (χ1v) is 4.45. The molecule has 12 heavy (non-hydrogen) atoms. The maximum absolute atomic E-state index is 10.7. The highest BCUT2D eigenvalue weighted by molar-refractivity contribution is 8.02. The van der Waals surface area contributed by atoms with Gasteiger partial charge in [0.25, 0.3) is 0 Å². The van der Waals surface area contributed by atoms with Gasteiger partial charge in [0.2, 0.25) is 0 Å². The second-order valence-electron chi connectivity index (χ2n) is 2.28. The van der Waals surface area contributed by atoms with Crippen LogP contribution in [-0.4, -0.2) is 22.0 Å². The number of hydrazine groups is 1. The quantitative estimate of drug-likeness (QED) is 0.492. The third-order valence-corrected chi connectivity index (χ3v) is 2.33. The van der Waals surface area contributed by atoms with Gasteiger partial charge in [0.05, 0.1) is 17.1 Å². The summed E-state index contributed by atoms with van der Waals surface area (Å²) in [5, 5.41) is 11.9. The van der Waals surface area contributed by atoms with Crippen LogP contribution in [0.4, 0.5) is 0 Å². The van der Waals surface area contributed by atoms with Gasteiger partial charge >= 0.3 is 5.97 Å². The van der Waals surface area contributed by atoms with Crippen molar-refractivity contribution >= 4 is 17.7 Å². The van der Waals surface area contributed by atoms with E-state index in [1.165, 1.54) is 16.8 Å². The van der Waals surface area contributed by atoms with Crippen molar-refractivity contribution in [2.45, 2.75) is 6.92 Å². The molecule has 0 aromatic rings. The van der Waals surface area contributed by atoms with Gasteiger partial charge < -0.3 is 5.11 Å². The molecule has 4 nitrogen and oxygen atoms in total. The molecule has 0 saturated heterocycles. The van der Waals surface area contributed by atoms with E-state index in [1.807, 2.05) is 0 Å². The number of thioether (sulfide) groups is 1. The van der Waals surface area contributed by atoms with E-state index >= 15 is 0 Å². The lowest BCUT2D eigenvalue weighted by Crippen LogP contribution is -2.28. The monoisotopic (exact) mass is 186 g/mol. The number of carboxylic acids is 1. The van der Waals surface area contributed by atoms with E-state index in [0.29, 0.717) is 11.6 Å². The molecule has 0 bridgehead atoms. The summed E-state index contributed by atoms with van der Waals surface area (Å²) in [4.78, 5) is 10.7. The molecule has 0 spiro atoms. The van der Waals surface area contributed by atoms with Gasteiger partial charge in [-0.3, -0.25) is 5.01 Å². The highest BCUT2D eigenvalue weighted by atomic mass is 32.2. The summed E-state index contributed by atoms with van der Waals surface area (Å²) in [6.07, 6.45) is 1.54. The lowest BCUT2D eigenvalue weighted by Gasteiger charge is -2.14. The van der Waals surface area contributed by atoms with Crippen molar-refractivity contribution in [3.05, 3.63) is 22.8 Å². The SMILES string of the molecule is C/C=C(\C(=O)O)C1=CSCN1N. The molecular weight excluding hydrogens is 176 g/mol. The van der Waals surface area contributed by atoms with Crippen LogP contribution in [0, 0.1) is 0 Å². The van der Waals surface area contributed by atoms with E-state index in [0.717, 1.165) is 0 Å². The average Bonchev–Trinajstić information content (AvgIpc) is 2.38. The van der Waals surface area contributed by atoms with Gasteiger partial charge in [0, 0.05) is 0 Å². The molecule has 1 heterocycles. The third-order valence-electron chi connectivity index (χ3n) is 1.51. The Morgan fingerprint density at radius 2 is 2.58 bits per heavy atom. The first-order valence-electron chi connectivity index (χ1n) is 3.40. The van der Waals surface area contributed by atoms with Crippen molar-refractivity contribution in [3.63, 3.8) is 0 Å². The summed E-state index contributed by atoms with van der Waals surface area (Å²) >= 11 is 1.49. The molecule has 0 aliphatic carbocycles. The maximum Gasteiger partial charge on any atom is 0.337 e. The van der Waals surface area contributed by atoms with Gasteiger partial charge in [-0.1, -0.05) is 6.08 Å². The van der Waals surface area contributed by atoms with E-state index in [-0.39, 0.29) is 5.57 Å². The Morgan fingerprint density at radius 3 is 2.92 bits per heavy atom. The lowest BCUT2D eigenvalue weighted by molar-refractivity contribution is -0.132. The van der Waals surface area contributed by atoms with Crippen LogP contribution >= 0.6 is 11.8 Å². The van der Waals surface area contributed by atoms with Gasteiger partial charge in [-0.05, 0) is 12.3 Å². The third kappa shape index (κ3) is 1.62. The number of nitrogens with two attached hydrogens (primary N) is 1. The Morgan fingerprint density at radius 1 is 1.92 bits per heavy atom. The second-order valence-corrected chi connectivity index (χ2v) is 3.10. The van der Waals surface area contributed by atoms with Crippen LogP contribution < -0.4 is 5.84 Å². The molecule has 0 aromatic carbocycles. The summed E-state index contributed by atoms with van der Waals surface area (Å²) in [5.41, 5.74) is 0.831. The van der Waals surface area contributed by atoms with Crippen LogP contribution in [0.5, 0.6) is 0 Å². The maximum atomic E-state index is 10.7. The first kappa shape index (κ1) is 9.15. The number of carboxylic acid groups (broad SMARTS) is 1. The molecular formula is C7H10N2O2S. The molecule has 0 unspecified atom stereocenters. The van der Waals surface area contributed by atoms with Crippen molar-refractivity contribution in [3.8, 4) is 0 Å². The molecule has 0 aromatic heterocycles. The first-order chi connectivity index (χ1) is 5.66. The van der Waals surface area contributed by atoms with E-state index in [9.17, 15) is 4.79 Å². The van der Waals surface area contributed by atoms with E-state index in [1.54, 1.807) is 18.4 Å². The summed E-state index contributed by atoms with van der Waals surface area (Å²) in [6.45, 7) is 1.68. The van der Waals surface area contributed by atoms with Gasteiger partial charge in [-0.2, -0.15) is 0 Å². The van der Waals surface area contributed by atoms with Crippen molar-refractivity contribution in [1.82, 2.24) is 5.01 Å². The second kappa shape index (κ2) is 3.64. The number of rotatable bonds is 2. The molecule has 0 atom stereocenters. The van der Waals surface area contributed by atoms with Crippen LogP contribution in [-0.2, 0) is 4.79 Å². The minimum atomic E-state index is -0.943. The molecule has 0 amide bonds. The predicted molar refractivity (Wildman–Crippen MR) is 48.0 cm³/mol. The standard InChI is InChI=1S/C7H10N2O2S/c1-2-5(7(10)11)6-3-12-4-9(6)8/h2-3H,4,8H2,1H3,(H,10,11)/b5-2-. The predicted octanol–water partition coefficient (Wildman–Crippen LogP) is 0.739. The molecule has 1 aliphatic heterocycles. The van der Waals surface area contributed by atoms with Gasteiger partial charge in [0.15, 0.2) is 0 Å². The summed E-state index contributed by atoms with van der Waals surface area (Å²) in [7, 11) is 0. The van der Waals surface area contributed by atoms with Crippen molar-refractivity contribution < 1.29 is 9.90 Å². The van der Waals surface area contributed by atoms with Crippen LogP contribution in [0.2, 0.25) is 0 Å². The summed E-state index contributed by atoms with van der Waals surface area (Å²) < 4.78 is 0. The molecule has 0 fully saturated rings. The van der Waals surface area contributed by atoms with Gasteiger partial charge in [-0.15, -0.1) is 11.8 Å². The lowest BCUT2D eigenvalue weighted by atomic mass is 10.2. The molecule has 5 heteroatoms. The number of hydrogen-bond donors (Lipinski definition) is 2. The molecule has 0 radical (unpaired) electrons. The van der Waals surface area contributed by atoms with Crippen LogP contribution in [0.25, 0.3) is 0 Å². The number of aliphatic carboxylic acids is 1. The fourth-order valence-electron chi connectivity index (χ4n) is 0.933. The number of allylic oxidation sites excluding steroid dienone is 1. The van der Waals surface area contributed by atoms with Crippen LogP contribution in [0.15, 0.2) is 22.8 Å². The smallest absolute Gasteiger partial charge is 0.337 e. The highest BCUT2D eigenvalue weighted by Gasteiger charge is 2.20. The number of carbonyl (C=O) groups is 1. The van der Waals surface area contributed by atoms with Gasteiger partial charge in [-0.25, -0.2) is 10.6 Å². The number of nitrogens with zero attached hydrogens (tertiary/aromatic N) is 1. The fraction of sp³-hybridized carbons (Fsp3) is 0.286. The van der Waals surface area contributed by atoms with Gasteiger partial charge in [0.1, 0.15) is 0 Å². The zero-order chi connectivity index (χ0) is 9.14. The van der Waals surface area contributed by atoms with E-state index < -0.39 is 5.97 Å². The van der Waals surface area contributed by atoms with E-state index in [4.69, 9.17) is 10.9 Å². The molecule has 0 saturated carbocycles. The minimum absolute atomic E-state index is 0.252. The Balaban J connectivity index is 2.87. The normalized spacial score (nSPS) is 18.0. The van der Waals surface area contributed by atoms with Crippen LogP contribution in [0.3, 0.4) is 0 Å². The molecule has 1 rings (SSSR count). The van der Waals surface area contributed by atoms with Crippen LogP contribution in [0.1, 0.15) is 6.92 Å². The Kier molecular flexibility index (Phi) is 2.78. The van der Waals surface area contributed by atoms with Crippen molar-refractivity contribution in [2.24, 2.45) is 5.84 Å². The Hall–Kier alpha value is -0.940.